The number of nitrogens with one attached hydrogen (secondary N) is 1. The van der Waals surface area contributed by atoms with E-state index in [-0.39, 0.29) is 18.4 Å². The number of rotatable bonds is 7. The molecule has 0 heterocycles. The van der Waals surface area contributed by atoms with Gasteiger partial charge in [-0.1, -0.05) is 13.2 Å². The van der Waals surface area contributed by atoms with Gasteiger partial charge in [0.1, 0.15) is 13.2 Å². The Balaban J connectivity index is -0.000000315. The van der Waals surface area contributed by atoms with Gasteiger partial charge >= 0.3 is 11.9 Å². The second-order valence-corrected chi connectivity index (χ2v) is 4.77. The van der Waals surface area contributed by atoms with E-state index in [4.69, 9.17) is 9.84 Å². The van der Waals surface area contributed by atoms with Crippen molar-refractivity contribution in [2.24, 2.45) is 0 Å². The van der Waals surface area contributed by atoms with E-state index >= 15 is 0 Å². The number of hydrogen-bond acceptors (Lipinski definition) is 4. The average molecular weight is 335 g/mol. The van der Waals surface area contributed by atoms with Crippen molar-refractivity contribution in [3.63, 3.8) is 0 Å². The van der Waals surface area contributed by atoms with Gasteiger partial charge in [0, 0.05) is 18.4 Å². The van der Waals surface area contributed by atoms with Crippen LogP contribution in [0.15, 0.2) is 37.6 Å². The minimum absolute atomic E-state index is 0. The lowest BCUT2D eigenvalue weighted by atomic mass is 10.5. The fourth-order valence-electron chi connectivity index (χ4n) is 0.733. The van der Waals surface area contributed by atoms with Crippen LogP contribution in [0.3, 0.4) is 0 Å². The Morgan fingerprint density at radius 2 is 1.73 bits per heavy atom. The summed E-state index contributed by atoms with van der Waals surface area (Å²) >= 11 is 0. The normalized spacial score (nSPS) is 9.59. The van der Waals surface area contributed by atoms with Gasteiger partial charge in [0.2, 0.25) is 5.91 Å². The lowest BCUT2D eigenvalue weighted by molar-refractivity contribution is -0.870. The van der Waals surface area contributed by atoms with E-state index in [1.165, 1.54) is 6.08 Å². The molecule has 0 aliphatic heterocycles. The van der Waals surface area contributed by atoms with Gasteiger partial charge in [0.15, 0.2) is 0 Å². The van der Waals surface area contributed by atoms with Crippen molar-refractivity contribution in [1.82, 2.24) is 5.32 Å². The highest BCUT2D eigenvalue weighted by molar-refractivity contribution is 5.88. The van der Waals surface area contributed by atoms with E-state index in [2.05, 4.69) is 18.5 Å². The largest absolute Gasteiger partial charge is 1.00 e. The third-order valence-corrected chi connectivity index (χ3v) is 1.81. The number of halogens is 1. The van der Waals surface area contributed by atoms with Crippen LogP contribution < -0.4 is 17.7 Å². The maximum Gasteiger partial charge on any atom is 0.330 e. The minimum Gasteiger partial charge on any atom is -1.00 e. The van der Waals surface area contributed by atoms with Crippen molar-refractivity contribution in [3.05, 3.63) is 37.6 Å². The molecule has 0 unspecified atom stereocenters. The molecule has 0 aliphatic rings. The Kier molecular flexibility index (Phi) is 15.7. The van der Waals surface area contributed by atoms with E-state index < -0.39 is 11.9 Å². The number of likely N-dealkylation sites (N-methyl/N-ethyl adjacent to an activating group) is 1. The van der Waals surface area contributed by atoms with Crippen molar-refractivity contribution >= 4 is 17.8 Å². The molecule has 0 aromatic carbocycles. The zero-order valence-corrected chi connectivity index (χ0v) is 13.8. The predicted molar refractivity (Wildman–Crippen MR) is 79.2 cm³/mol. The molecule has 0 atom stereocenters. The number of ether oxygens (including phenoxy) is 1. The maximum absolute atomic E-state index is 10.6. The highest BCUT2D eigenvalue weighted by Gasteiger charge is 2.06. The van der Waals surface area contributed by atoms with Gasteiger partial charge in [-0.2, -0.15) is 0 Å². The molecule has 2 N–H and O–H groups in total. The smallest absolute Gasteiger partial charge is 0.330 e. The van der Waals surface area contributed by atoms with E-state index in [0.717, 1.165) is 29.4 Å². The summed E-state index contributed by atoms with van der Waals surface area (Å²) in [7, 11) is 6.13. The lowest BCUT2D eigenvalue weighted by Gasteiger charge is -2.23. The van der Waals surface area contributed by atoms with Crippen LogP contribution in [0.2, 0.25) is 0 Å². The second-order valence-electron chi connectivity index (χ2n) is 4.77. The molecule has 0 aromatic heterocycles. The van der Waals surface area contributed by atoms with Gasteiger partial charge < -0.3 is 32.1 Å². The predicted octanol–water partition coefficient (Wildman–Crippen LogP) is -2.69. The van der Waals surface area contributed by atoms with Crippen molar-refractivity contribution < 1.29 is 41.1 Å². The summed E-state index contributed by atoms with van der Waals surface area (Å²) in [5, 5.41) is 10.2. The van der Waals surface area contributed by atoms with E-state index in [1.54, 1.807) is 0 Å². The van der Waals surface area contributed by atoms with Crippen LogP contribution in [0, 0.1) is 0 Å². The van der Waals surface area contributed by atoms with Crippen LogP contribution in [0.4, 0.5) is 0 Å². The number of quaternary nitrogens is 1. The third kappa shape index (κ3) is 23.0. The molecule has 0 saturated carbocycles. The molecule has 0 saturated heterocycles. The van der Waals surface area contributed by atoms with Gasteiger partial charge in [0.05, 0.1) is 21.1 Å². The zero-order valence-electron chi connectivity index (χ0n) is 13.0. The van der Waals surface area contributed by atoms with Crippen LogP contribution >= 0.6 is 0 Å². The number of nitrogens with zero attached hydrogens (tertiary/aromatic N) is 1. The fourth-order valence-corrected chi connectivity index (χ4v) is 0.733. The first-order valence-electron chi connectivity index (χ1n) is 6.04. The maximum atomic E-state index is 10.6. The summed E-state index contributed by atoms with van der Waals surface area (Å²) in [4.78, 5) is 30.7. The molecule has 126 valence electrons. The number of carbonyl (C=O) groups excluding carboxylic acids is 2. The summed E-state index contributed by atoms with van der Waals surface area (Å²) in [5.74, 6) is -1.89. The Morgan fingerprint density at radius 1 is 1.18 bits per heavy atom. The number of amides is 1. The first kappa shape index (κ1) is 24.9. The van der Waals surface area contributed by atoms with Gasteiger partial charge in [-0.15, -0.1) is 0 Å². The highest BCUT2D eigenvalue weighted by Crippen LogP contribution is 1.89. The van der Waals surface area contributed by atoms with E-state index in [9.17, 15) is 14.4 Å². The second kappa shape index (κ2) is 13.8. The van der Waals surface area contributed by atoms with Gasteiger partial charge in [0.25, 0.3) is 0 Å². The molecule has 8 heteroatoms. The standard InChI is InChI=1S/C8H16NO2.C6H7NO3.ClH/c1-5-8(10)11-7-6-9(2,3)4;1-2-5(8)7-4-3-6(9)10;/h5H,1,6-7H2,2-4H3;2-4H,1H2,(H,7,8)(H,9,10);1H/q+1;;/p-1. The molecule has 1 amide bonds. The molecule has 0 aromatic rings. The Morgan fingerprint density at radius 3 is 2.09 bits per heavy atom. The van der Waals surface area contributed by atoms with E-state index in [0.29, 0.717) is 6.61 Å². The minimum atomic E-state index is -1.11. The quantitative estimate of drug-likeness (QED) is 0.300. The number of carboxylic acids is 1. The number of carboxylic acid groups (broad SMARTS) is 1. The third-order valence-electron chi connectivity index (χ3n) is 1.81. The number of carbonyl (C=O) groups is 3. The Labute approximate surface area is 136 Å². The SMILES string of the molecule is C=CC(=O)NC=CC(=O)O.C=CC(=O)OCC[N+](C)(C)C.[Cl-]. The first-order chi connectivity index (χ1) is 9.62. The molecule has 7 nitrogen and oxygen atoms in total. The van der Waals surface area contributed by atoms with Crippen molar-refractivity contribution in [1.29, 1.82) is 0 Å². The monoisotopic (exact) mass is 334 g/mol. The van der Waals surface area contributed by atoms with Gasteiger partial charge in [-0.3, -0.25) is 4.79 Å². The molecule has 0 spiro atoms. The lowest BCUT2D eigenvalue weighted by Crippen LogP contribution is -3.00. The van der Waals surface area contributed by atoms with Crippen molar-refractivity contribution in [2.75, 3.05) is 34.3 Å². The van der Waals surface area contributed by atoms with Crippen LogP contribution in [-0.4, -0.2) is 61.7 Å². The van der Waals surface area contributed by atoms with Crippen LogP contribution in [0.1, 0.15) is 0 Å². The highest BCUT2D eigenvalue weighted by atomic mass is 35.5. The molecular weight excluding hydrogens is 312 g/mol. The van der Waals surface area contributed by atoms with Gasteiger partial charge in [-0.05, 0) is 6.08 Å². The molecule has 0 radical (unpaired) electrons. The molecule has 22 heavy (non-hydrogen) atoms. The Bertz CT molecular complexity index is 414. The molecular formula is C14H23ClN2O5. The van der Waals surface area contributed by atoms with Crippen molar-refractivity contribution in [2.45, 2.75) is 0 Å². The molecule has 0 aliphatic carbocycles. The summed E-state index contributed by atoms with van der Waals surface area (Å²) in [6.07, 6.45) is 4.08. The topological polar surface area (TPSA) is 92.7 Å². The summed E-state index contributed by atoms with van der Waals surface area (Å²) in [6.45, 7) is 7.73. The molecule has 0 bridgehead atoms. The van der Waals surface area contributed by atoms with E-state index in [1.807, 2.05) is 21.1 Å². The fraction of sp³-hybridized carbons (Fsp3) is 0.357. The summed E-state index contributed by atoms with van der Waals surface area (Å²) in [5.41, 5.74) is 0. The van der Waals surface area contributed by atoms with Crippen molar-refractivity contribution in [3.8, 4) is 0 Å². The number of aliphatic carboxylic acids is 1. The van der Waals surface area contributed by atoms with Crippen LogP contribution in [0.5, 0.6) is 0 Å². The van der Waals surface area contributed by atoms with Crippen LogP contribution in [0.25, 0.3) is 0 Å². The Hall–Kier alpha value is -2.12. The number of hydrogen-bond donors (Lipinski definition) is 2. The summed E-state index contributed by atoms with van der Waals surface area (Å²) < 4.78 is 5.59. The zero-order chi connectivity index (χ0) is 16.9. The van der Waals surface area contributed by atoms with Crippen LogP contribution in [-0.2, 0) is 19.1 Å². The molecule has 0 rings (SSSR count). The summed E-state index contributed by atoms with van der Waals surface area (Å²) in [6, 6.07) is 0. The van der Waals surface area contributed by atoms with Gasteiger partial charge in [-0.25, -0.2) is 9.59 Å². The number of esters is 1. The first-order valence-corrected chi connectivity index (χ1v) is 6.04. The average Bonchev–Trinajstić information content (AvgIpc) is 2.37. The molecule has 0 fully saturated rings.